The van der Waals surface area contributed by atoms with Crippen molar-refractivity contribution in [3.05, 3.63) is 35.5 Å². The summed E-state index contributed by atoms with van der Waals surface area (Å²) in [7, 11) is 0. The Labute approximate surface area is 129 Å². The third-order valence-corrected chi connectivity index (χ3v) is 3.93. The van der Waals surface area contributed by atoms with Crippen LogP contribution in [0.5, 0.6) is 0 Å². The summed E-state index contributed by atoms with van der Waals surface area (Å²) in [5.41, 5.74) is 1.10. The van der Waals surface area contributed by atoms with Crippen LogP contribution in [0.15, 0.2) is 22.7 Å². The van der Waals surface area contributed by atoms with Gasteiger partial charge in [0, 0.05) is 5.56 Å². The number of hydrogen-bond donors (Lipinski definition) is 1. The predicted molar refractivity (Wildman–Crippen MR) is 80.9 cm³/mol. The van der Waals surface area contributed by atoms with E-state index >= 15 is 0 Å². The number of piperidine rings is 1. The van der Waals surface area contributed by atoms with E-state index in [1.165, 1.54) is 12.5 Å². The number of nitrogens with one attached hydrogen (secondary N) is 1. The molecule has 0 saturated carbocycles. The maximum Gasteiger partial charge on any atom is 0.246 e. The molecule has 2 heterocycles. The average molecular weight is 312 g/mol. The summed E-state index contributed by atoms with van der Waals surface area (Å²) in [6.45, 7) is 4.77. The zero-order valence-corrected chi connectivity index (χ0v) is 13.0. The number of nitrogens with zero attached hydrogens (tertiary/aromatic N) is 2. The molecule has 0 radical (unpaired) electrons. The van der Waals surface area contributed by atoms with E-state index in [1.807, 2.05) is 0 Å². The molecule has 1 aliphatic rings. The van der Waals surface area contributed by atoms with Gasteiger partial charge < -0.3 is 9.84 Å². The molecule has 1 saturated heterocycles. The molecule has 1 aromatic carbocycles. The van der Waals surface area contributed by atoms with Crippen LogP contribution in [0, 0.1) is 12.7 Å². The highest BCUT2D eigenvalue weighted by Crippen LogP contribution is 2.30. The van der Waals surface area contributed by atoms with Crippen molar-refractivity contribution in [3.8, 4) is 11.4 Å². The maximum absolute atomic E-state index is 13.3. The topological polar surface area (TPSA) is 51.0 Å². The highest BCUT2D eigenvalue weighted by molar-refractivity contribution is 5.85. The van der Waals surface area contributed by atoms with Gasteiger partial charge in [0.2, 0.25) is 11.7 Å². The molecule has 4 nitrogen and oxygen atoms in total. The Hall–Kier alpha value is -1.46. The zero-order valence-electron chi connectivity index (χ0n) is 12.1. The summed E-state index contributed by atoms with van der Waals surface area (Å²) in [6.07, 6.45) is 3.31. The van der Waals surface area contributed by atoms with Crippen molar-refractivity contribution >= 4 is 12.4 Å². The second-order valence-corrected chi connectivity index (χ2v) is 5.60. The zero-order chi connectivity index (χ0) is 14.2. The van der Waals surface area contributed by atoms with Gasteiger partial charge in [-0.3, -0.25) is 0 Å². The van der Waals surface area contributed by atoms with Crippen LogP contribution in [0.2, 0.25) is 0 Å². The van der Waals surface area contributed by atoms with Gasteiger partial charge in [-0.2, -0.15) is 4.98 Å². The first kappa shape index (κ1) is 15.9. The standard InChI is InChI=1S/C15H18FN3O.ClH/c1-10-9-11(5-6-12(10)16)13-18-14(20-19-13)15(2)7-3-4-8-17-15;/h5-6,9,17H,3-4,7-8H2,1-2H3;1H. The first-order valence-electron chi connectivity index (χ1n) is 6.94. The Balaban J connectivity index is 0.00000161. The molecule has 1 aliphatic heterocycles. The van der Waals surface area contributed by atoms with E-state index in [9.17, 15) is 4.39 Å². The Bertz CT molecular complexity index is 623. The van der Waals surface area contributed by atoms with Gasteiger partial charge in [0.25, 0.3) is 0 Å². The van der Waals surface area contributed by atoms with Crippen molar-refractivity contribution in [2.24, 2.45) is 0 Å². The van der Waals surface area contributed by atoms with Gasteiger partial charge in [-0.1, -0.05) is 5.16 Å². The smallest absolute Gasteiger partial charge is 0.246 e. The Morgan fingerprint density at radius 2 is 2.14 bits per heavy atom. The van der Waals surface area contributed by atoms with Crippen LogP contribution in [0.25, 0.3) is 11.4 Å². The molecule has 114 valence electrons. The number of hydrogen-bond acceptors (Lipinski definition) is 4. The van der Waals surface area contributed by atoms with Crippen molar-refractivity contribution in [2.75, 3.05) is 6.54 Å². The Kier molecular flexibility index (Phi) is 4.64. The number of benzene rings is 1. The van der Waals surface area contributed by atoms with E-state index in [2.05, 4.69) is 22.4 Å². The van der Waals surface area contributed by atoms with E-state index in [0.29, 0.717) is 17.3 Å². The molecule has 0 aliphatic carbocycles. The summed E-state index contributed by atoms with van der Waals surface area (Å²) in [5.74, 6) is 0.893. The lowest BCUT2D eigenvalue weighted by atomic mass is 9.91. The van der Waals surface area contributed by atoms with Crippen LogP contribution in [0.3, 0.4) is 0 Å². The quantitative estimate of drug-likeness (QED) is 0.920. The molecule has 1 fully saturated rings. The van der Waals surface area contributed by atoms with Crippen LogP contribution >= 0.6 is 12.4 Å². The molecule has 0 bridgehead atoms. The van der Waals surface area contributed by atoms with Gasteiger partial charge in [0.15, 0.2) is 0 Å². The van der Waals surface area contributed by atoms with E-state index in [-0.39, 0.29) is 23.8 Å². The first-order valence-corrected chi connectivity index (χ1v) is 6.94. The highest BCUT2D eigenvalue weighted by atomic mass is 35.5. The van der Waals surface area contributed by atoms with Crippen LogP contribution in [-0.4, -0.2) is 16.7 Å². The second kappa shape index (κ2) is 6.12. The van der Waals surface area contributed by atoms with Gasteiger partial charge >= 0.3 is 0 Å². The number of rotatable bonds is 2. The minimum atomic E-state index is -0.251. The molecule has 1 unspecified atom stereocenters. The predicted octanol–water partition coefficient (Wildman–Crippen LogP) is 3.59. The van der Waals surface area contributed by atoms with Crippen LogP contribution in [-0.2, 0) is 5.54 Å². The molecule has 0 spiro atoms. The van der Waals surface area contributed by atoms with Crippen LogP contribution in [0.4, 0.5) is 4.39 Å². The summed E-state index contributed by atoms with van der Waals surface area (Å²) < 4.78 is 18.7. The highest BCUT2D eigenvalue weighted by Gasteiger charge is 2.34. The summed E-state index contributed by atoms with van der Waals surface area (Å²) in [5, 5.41) is 7.47. The minimum absolute atomic E-state index is 0. The van der Waals surface area contributed by atoms with E-state index in [0.717, 1.165) is 24.9 Å². The third kappa shape index (κ3) is 3.09. The summed E-state index contributed by atoms with van der Waals surface area (Å²) in [4.78, 5) is 4.48. The Morgan fingerprint density at radius 1 is 1.33 bits per heavy atom. The molecule has 3 rings (SSSR count). The van der Waals surface area contributed by atoms with Gasteiger partial charge in [-0.25, -0.2) is 4.39 Å². The number of halogens is 2. The fourth-order valence-electron chi connectivity index (χ4n) is 2.59. The fourth-order valence-corrected chi connectivity index (χ4v) is 2.59. The SMILES string of the molecule is Cc1cc(-c2noc(C3(C)CCCCN3)n2)ccc1F.Cl. The van der Waals surface area contributed by atoms with Crippen molar-refractivity contribution in [3.63, 3.8) is 0 Å². The van der Waals surface area contributed by atoms with Crippen molar-refractivity contribution in [2.45, 2.75) is 38.6 Å². The first-order chi connectivity index (χ1) is 9.58. The van der Waals surface area contributed by atoms with Crippen LogP contribution < -0.4 is 5.32 Å². The number of aryl methyl sites for hydroxylation is 1. The minimum Gasteiger partial charge on any atom is -0.337 e. The lowest BCUT2D eigenvalue weighted by Crippen LogP contribution is -2.43. The summed E-state index contributed by atoms with van der Waals surface area (Å²) >= 11 is 0. The normalized spacial score (nSPS) is 21.9. The van der Waals surface area contributed by atoms with Crippen molar-refractivity contribution in [1.29, 1.82) is 0 Å². The Morgan fingerprint density at radius 3 is 2.81 bits per heavy atom. The lowest BCUT2D eigenvalue weighted by Gasteiger charge is -2.31. The molecule has 2 aromatic rings. The monoisotopic (exact) mass is 311 g/mol. The third-order valence-electron chi connectivity index (χ3n) is 3.93. The van der Waals surface area contributed by atoms with Gasteiger partial charge in [-0.15, -0.1) is 12.4 Å². The largest absolute Gasteiger partial charge is 0.337 e. The van der Waals surface area contributed by atoms with Gasteiger partial charge in [0.05, 0.1) is 5.54 Å². The van der Waals surface area contributed by atoms with Gasteiger partial charge in [-0.05, 0) is 63.4 Å². The van der Waals surface area contributed by atoms with Crippen molar-refractivity contribution < 1.29 is 8.91 Å². The van der Waals surface area contributed by atoms with E-state index in [4.69, 9.17) is 4.52 Å². The second-order valence-electron chi connectivity index (χ2n) is 5.60. The molecule has 0 amide bonds. The van der Waals surface area contributed by atoms with E-state index < -0.39 is 0 Å². The summed E-state index contributed by atoms with van der Waals surface area (Å²) in [6, 6.07) is 4.84. The lowest BCUT2D eigenvalue weighted by molar-refractivity contribution is 0.207. The molecular weight excluding hydrogens is 293 g/mol. The van der Waals surface area contributed by atoms with E-state index in [1.54, 1.807) is 19.1 Å². The fraction of sp³-hybridized carbons (Fsp3) is 0.467. The number of aromatic nitrogens is 2. The molecule has 6 heteroatoms. The average Bonchev–Trinajstić information content (AvgIpc) is 2.93. The van der Waals surface area contributed by atoms with Crippen molar-refractivity contribution in [1.82, 2.24) is 15.5 Å². The molecule has 21 heavy (non-hydrogen) atoms. The van der Waals surface area contributed by atoms with Gasteiger partial charge in [0.1, 0.15) is 5.82 Å². The molecule has 1 atom stereocenters. The molecule has 1 aromatic heterocycles. The molecule has 1 N–H and O–H groups in total. The van der Waals surface area contributed by atoms with Crippen LogP contribution in [0.1, 0.15) is 37.6 Å². The molecular formula is C15H19ClFN3O. The maximum atomic E-state index is 13.3.